The summed E-state index contributed by atoms with van der Waals surface area (Å²) in [6.45, 7) is 0. The van der Waals surface area contributed by atoms with Crippen molar-refractivity contribution in [3.05, 3.63) is 158 Å². The van der Waals surface area contributed by atoms with E-state index in [0.29, 0.717) is 0 Å². The van der Waals surface area contributed by atoms with Gasteiger partial charge in [-0.15, -0.1) is 22.7 Å². The lowest BCUT2D eigenvalue weighted by Gasteiger charge is -2.18. The summed E-state index contributed by atoms with van der Waals surface area (Å²) in [5.41, 5.74) is 6.84. The molecule has 12 rings (SSSR count). The van der Waals surface area contributed by atoms with E-state index in [9.17, 15) is 0 Å². The Labute approximate surface area is 300 Å². The zero-order valence-electron chi connectivity index (χ0n) is 27.2. The summed E-state index contributed by atoms with van der Waals surface area (Å²) in [5.74, 6) is 0. The first-order chi connectivity index (χ1) is 25.3. The lowest BCUT2D eigenvalue weighted by molar-refractivity contribution is 0.669. The van der Waals surface area contributed by atoms with Gasteiger partial charge in [-0.3, -0.25) is 0 Å². The van der Waals surface area contributed by atoms with Gasteiger partial charge < -0.3 is 4.42 Å². The minimum Gasteiger partial charge on any atom is -0.456 e. The summed E-state index contributed by atoms with van der Waals surface area (Å²) in [4.78, 5) is 0. The Balaban J connectivity index is 1.11. The number of hydrogen-bond donors (Lipinski definition) is 0. The quantitative estimate of drug-likeness (QED) is 0.165. The van der Waals surface area contributed by atoms with Gasteiger partial charge >= 0.3 is 0 Å². The van der Waals surface area contributed by atoms with E-state index in [2.05, 4.69) is 152 Å². The number of fused-ring (bicyclic) bond motifs is 13. The highest BCUT2D eigenvalue weighted by Crippen LogP contribution is 2.47. The molecule has 3 heterocycles. The van der Waals surface area contributed by atoms with Crippen LogP contribution in [0.4, 0.5) is 0 Å². The third-order valence-corrected chi connectivity index (χ3v) is 13.1. The van der Waals surface area contributed by atoms with Gasteiger partial charge in [0.2, 0.25) is 0 Å². The standard InChI is InChI=1S/C48H26OS2/c1-3-12-33-31(10-1)46(28-17-20-41-37(24-28)30-9-5-7-15-40(30)49-41)32-11-2-4-13-34(32)47(33)29-19-21-43-38(25-29)39-23-27-18-22-44-48(36(27)26-45(39)51-43)35-14-6-8-16-42(35)50-44/h1-26H. The van der Waals surface area contributed by atoms with Crippen LogP contribution in [0.3, 0.4) is 0 Å². The summed E-state index contributed by atoms with van der Waals surface area (Å²) in [6, 6.07) is 58.3. The molecule has 0 amide bonds. The van der Waals surface area contributed by atoms with Crippen molar-refractivity contribution in [3.63, 3.8) is 0 Å². The number of furan rings is 1. The molecule has 1 nitrogen and oxygen atoms in total. The lowest BCUT2D eigenvalue weighted by Crippen LogP contribution is -1.90. The Kier molecular flexibility index (Phi) is 5.59. The van der Waals surface area contributed by atoms with Crippen molar-refractivity contribution >= 4 is 117 Å². The molecule has 0 aliphatic heterocycles. The zero-order chi connectivity index (χ0) is 33.2. The van der Waals surface area contributed by atoms with E-state index in [1.807, 2.05) is 28.7 Å². The number of para-hydroxylation sites is 1. The van der Waals surface area contributed by atoms with Crippen LogP contribution in [0, 0.1) is 0 Å². The molecule has 236 valence electrons. The van der Waals surface area contributed by atoms with Gasteiger partial charge in [0.25, 0.3) is 0 Å². The third kappa shape index (κ3) is 3.90. The molecule has 9 aromatic carbocycles. The molecule has 0 spiro atoms. The summed E-state index contributed by atoms with van der Waals surface area (Å²) in [6.07, 6.45) is 0. The summed E-state index contributed by atoms with van der Waals surface area (Å²) in [5, 5.41) is 15.4. The average Bonchev–Trinajstić information content (AvgIpc) is 3.86. The van der Waals surface area contributed by atoms with Crippen LogP contribution in [0.25, 0.3) is 117 Å². The highest BCUT2D eigenvalue weighted by molar-refractivity contribution is 7.26. The second kappa shape index (κ2) is 10.3. The van der Waals surface area contributed by atoms with E-state index in [0.717, 1.165) is 21.9 Å². The van der Waals surface area contributed by atoms with Crippen LogP contribution in [0.5, 0.6) is 0 Å². The normalized spacial score (nSPS) is 12.3. The Bertz CT molecular complexity index is 3370. The summed E-state index contributed by atoms with van der Waals surface area (Å²) in [7, 11) is 0. The fourth-order valence-electron chi connectivity index (χ4n) is 8.61. The molecule has 0 saturated heterocycles. The number of hydrogen-bond acceptors (Lipinski definition) is 3. The number of rotatable bonds is 2. The van der Waals surface area contributed by atoms with E-state index in [4.69, 9.17) is 4.42 Å². The lowest BCUT2D eigenvalue weighted by atomic mass is 9.85. The van der Waals surface area contributed by atoms with Gasteiger partial charge in [-0.2, -0.15) is 0 Å². The van der Waals surface area contributed by atoms with Crippen LogP contribution in [0.1, 0.15) is 0 Å². The first kappa shape index (κ1) is 27.8. The second-order valence-electron chi connectivity index (χ2n) is 13.6. The SMILES string of the molecule is c1ccc2c(c1)oc1ccc(-c3c4ccccc4c(-c4ccc5sc6cc7c(ccc8sc9ccccc9c87)cc6c5c4)c4ccccc34)cc12. The van der Waals surface area contributed by atoms with E-state index in [-0.39, 0.29) is 0 Å². The van der Waals surface area contributed by atoms with Gasteiger partial charge in [0.05, 0.1) is 0 Å². The number of benzene rings is 9. The fourth-order valence-corrected chi connectivity index (χ4v) is 10.8. The second-order valence-corrected chi connectivity index (χ2v) is 15.7. The van der Waals surface area contributed by atoms with Crippen molar-refractivity contribution in [3.8, 4) is 22.3 Å². The number of thiophene rings is 2. The van der Waals surface area contributed by atoms with E-state index in [1.165, 1.54) is 94.9 Å². The molecular formula is C48H26OS2. The van der Waals surface area contributed by atoms with Crippen LogP contribution < -0.4 is 0 Å². The Morgan fingerprint density at radius 1 is 0.314 bits per heavy atom. The van der Waals surface area contributed by atoms with Gasteiger partial charge in [-0.05, 0) is 109 Å². The Hall–Kier alpha value is -6.00. The molecule has 0 saturated carbocycles. The smallest absolute Gasteiger partial charge is 0.135 e. The molecule has 0 fully saturated rings. The topological polar surface area (TPSA) is 13.1 Å². The maximum Gasteiger partial charge on any atom is 0.135 e. The van der Waals surface area contributed by atoms with E-state index >= 15 is 0 Å². The van der Waals surface area contributed by atoms with Gasteiger partial charge in [0.15, 0.2) is 0 Å². The molecule has 12 aromatic rings. The molecule has 51 heavy (non-hydrogen) atoms. The van der Waals surface area contributed by atoms with Crippen LogP contribution in [0.2, 0.25) is 0 Å². The average molecular weight is 683 g/mol. The van der Waals surface area contributed by atoms with Crippen LogP contribution >= 0.6 is 22.7 Å². The van der Waals surface area contributed by atoms with Gasteiger partial charge in [0.1, 0.15) is 11.2 Å². The monoisotopic (exact) mass is 682 g/mol. The summed E-state index contributed by atoms with van der Waals surface area (Å²) < 4.78 is 11.6. The van der Waals surface area contributed by atoms with Crippen LogP contribution in [-0.4, -0.2) is 0 Å². The highest BCUT2D eigenvalue weighted by Gasteiger charge is 2.19. The van der Waals surface area contributed by atoms with E-state index < -0.39 is 0 Å². The molecule has 0 aliphatic rings. The maximum absolute atomic E-state index is 6.21. The molecule has 0 aliphatic carbocycles. The fraction of sp³-hybridized carbons (Fsp3) is 0. The first-order valence-corrected chi connectivity index (χ1v) is 19.0. The Morgan fingerprint density at radius 2 is 0.843 bits per heavy atom. The zero-order valence-corrected chi connectivity index (χ0v) is 28.9. The van der Waals surface area contributed by atoms with Gasteiger partial charge in [-0.25, -0.2) is 0 Å². The molecular weight excluding hydrogens is 657 g/mol. The Morgan fingerprint density at radius 3 is 1.59 bits per heavy atom. The molecule has 0 N–H and O–H groups in total. The highest BCUT2D eigenvalue weighted by atomic mass is 32.1. The molecule has 0 unspecified atom stereocenters. The van der Waals surface area contributed by atoms with Crippen LogP contribution in [0.15, 0.2) is 162 Å². The molecule has 0 atom stereocenters. The predicted molar refractivity (Wildman–Crippen MR) is 223 cm³/mol. The predicted octanol–water partition coefficient (Wildman–Crippen LogP) is 15.1. The molecule has 3 aromatic heterocycles. The van der Waals surface area contributed by atoms with Crippen molar-refractivity contribution in [2.24, 2.45) is 0 Å². The van der Waals surface area contributed by atoms with Gasteiger partial charge in [-0.1, -0.05) is 103 Å². The molecule has 3 heteroatoms. The first-order valence-electron chi connectivity index (χ1n) is 17.3. The maximum atomic E-state index is 6.21. The minimum atomic E-state index is 0.919. The van der Waals surface area contributed by atoms with Crippen molar-refractivity contribution in [1.82, 2.24) is 0 Å². The van der Waals surface area contributed by atoms with Crippen molar-refractivity contribution in [2.75, 3.05) is 0 Å². The minimum absolute atomic E-state index is 0.919. The van der Waals surface area contributed by atoms with Crippen molar-refractivity contribution < 1.29 is 4.42 Å². The van der Waals surface area contributed by atoms with Crippen molar-refractivity contribution in [2.45, 2.75) is 0 Å². The largest absolute Gasteiger partial charge is 0.456 e. The third-order valence-electron chi connectivity index (χ3n) is 10.8. The summed E-state index contributed by atoms with van der Waals surface area (Å²) >= 11 is 3.79. The van der Waals surface area contributed by atoms with Crippen molar-refractivity contribution in [1.29, 1.82) is 0 Å². The molecule has 0 radical (unpaired) electrons. The molecule has 0 bridgehead atoms. The van der Waals surface area contributed by atoms with Gasteiger partial charge in [0, 0.05) is 51.1 Å². The van der Waals surface area contributed by atoms with E-state index in [1.54, 1.807) is 0 Å². The van der Waals surface area contributed by atoms with Crippen LogP contribution in [-0.2, 0) is 0 Å².